The second kappa shape index (κ2) is 6.50. The summed E-state index contributed by atoms with van der Waals surface area (Å²) in [5.74, 6) is 0.621. The number of aromatic nitrogens is 2. The van der Waals surface area contributed by atoms with Crippen molar-refractivity contribution in [2.75, 3.05) is 13.7 Å². The summed E-state index contributed by atoms with van der Waals surface area (Å²) in [6.45, 7) is 6.30. The molecule has 2 aromatic heterocycles. The monoisotopic (exact) mass is 337 g/mol. The number of primary amides is 1. The molecule has 2 aromatic rings. The number of allylic oxidation sites excluding steroid dienone is 1. The Morgan fingerprint density at radius 1 is 1.48 bits per heavy atom. The van der Waals surface area contributed by atoms with Gasteiger partial charge in [0.2, 0.25) is 0 Å². The van der Waals surface area contributed by atoms with Crippen LogP contribution in [0.2, 0.25) is 5.02 Å². The van der Waals surface area contributed by atoms with E-state index in [9.17, 15) is 4.79 Å². The Kier molecular flexibility index (Phi) is 4.85. The van der Waals surface area contributed by atoms with Gasteiger partial charge < -0.3 is 15.2 Å². The van der Waals surface area contributed by atoms with Crippen molar-refractivity contribution < 1.29 is 14.3 Å². The number of hydrogen-bond donors (Lipinski definition) is 1. The predicted octanol–water partition coefficient (Wildman–Crippen LogP) is 3.52. The third kappa shape index (κ3) is 3.76. The molecule has 23 heavy (non-hydrogen) atoms. The highest BCUT2D eigenvalue weighted by Gasteiger charge is 2.21. The summed E-state index contributed by atoms with van der Waals surface area (Å²) in [5, 5.41) is 4.75. The van der Waals surface area contributed by atoms with E-state index >= 15 is 0 Å². The maximum atomic E-state index is 10.8. The third-order valence-corrected chi connectivity index (χ3v) is 3.66. The van der Waals surface area contributed by atoms with Crippen molar-refractivity contribution in [2.45, 2.75) is 20.8 Å². The second-order valence-corrected chi connectivity index (χ2v) is 6.49. The fourth-order valence-corrected chi connectivity index (χ4v) is 2.64. The molecule has 0 aliphatic rings. The summed E-state index contributed by atoms with van der Waals surface area (Å²) in [6, 6.07) is 1.89. The maximum Gasteiger partial charge on any atom is 0.404 e. The van der Waals surface area contributed by atoms with Gasteiger partial charge in [-0.2, -0.15) is 5.10 Å². The van der Waals surface area contributed by atoms with Gasteiger partial charge in [-0.15, -0.1) is 0 Å². The summed E-state index contributed by atoms with van der Waals surface area (Å²) < 4.78 is 11.9. The summed E-state index contributed by atoms with van der Waals surface area (Å²) >= 11 is 6.15. The number of fused-ring (bicyclic) bond motifs is 1. The Balaban J connectivity index is 2.54. The number of ether oxygens (including phenoxy) is 2. The van der Waals surface area contributed by atoms with E-state index in [1.807, 2.05) is 18.3 Å². The van der Waals surface area contributed by atoms with Crippen LogP contribution < -0.4 is 10.5 Å². The second-order valence-electron chi connectivity index (χ2n) is 6.08. The van der Waals surface area contributed by atoms with Gasteiger partial charge in [0.25, 0.3) is 0 Å². The van der Waals surface area contributed by atoms with Crippen LogP contribution in [-0.2, 0) is 4.74 Å². The van der Waals surface area contributed by atoms with Gasteiger partial charge in [-0.25, -0.2) is 9.31 Å². The van der Waals surface area contributed by atoms with Crippen LogP contribution >= 0.6 is 11.6 Å². The van der Waals surface area contributed by atoms with Crippen LogP contribution in [0.15, 0.2) is 24.5 Å². The molecule has 0 radical (unpaired) electrons. The van der Waals surface area contributed by atoms with E-state index in [1.165, 1.54) is 0 Å². The summed E-state index contributed by atoms with van der Waals surface area (Å²) in [4.78, 5) is 10.8. The van der Waals surface area contributed by atoms with Gasteiger partial charge in [0.05, 0.1) is 18.3 Å². The lowest BCUT2D eigenvalue weighted by molar-refractivity contribution is 0.169. The first-order valence-corrected chi connectivity index (χ1v) is 7.46. The zero-order valence-electron chi connectivity index (χ0n) is 13.6. The van der Waals surface area contributed by atoms with Gasteiger partial charge in [-0.3, -0.25) is 0 Å². The van der Waals surface area contributed by atoms with E-state index in [0.29, 0.717) is 16.3 Å². The van der Waals surface area contributed by atoms with Crippen LogP contribution in [0.3, 0.4) is 0 Å². The third-order valence-electron chi connectivity index (χ3n) is 3.38. The lowest BCUT2D eigenvalue weighted by Crippen LogP contribution is -2.15. The maximum absolute atomic E-state index is 10.8. The molecule has 7 heteroatoms. The van der Waals surface area contributed by atoms with Crippen molar-refractivity contribution in [2.24, 2.45) is 11.1 Å². The molecule has 0 bridgehead atoms. The molecule has 0 aliphatic heterocycles. The Labute approximate surface area is 139 Å². The van der Waals surface area contributed by atoms with Crippen LogP contribution in [0.4, 0.5) is 4.79 Å². The number of nitrogens with two attached hydrogens (primary N) is 1. The van der Waals surface area contributed by atoms with Crippen LogP contribution in [0.1, 0.15) is 26.3 Å². The van der Waals surface area contributed by atoms with Crippen molar-refractivity contribution in [3.05, 3.63) is 35.1 Å². The lowest BCUT2D eigenvalue weighted by atomic mass is 9.82. The smallest absolute Gasteiger partial charge is 0.404 e. The molecule has 0 saturated heterocycles. The van der Waals surface area contributed by atoms with Gasteiger partial charge in [0.15, 0.2) is 0 Å². The van der Waals surface area contributed by atoms with Gasteiger partial charge in [0, 0.05) is 11.8 Å². The molecule has 124 valence electrons. The molecular formula is C16H20ClN3O3. The molecular weight excluding hydrogens is 318 g/mol. The zero-order chi connectivity index (χ0) is 17.2. The molecule has 0 spiro atoms. The first-order chi connectivity index (χ1) is 10.7. The average molecular weight is 338 g/mol. The van der Waals surface area contributed by atoms with Crippen molar-refractivity contribution >= 4 is 28.8 Å². The Morgan fingerprint density at radius 3 is 2.74 bits per heavy atom. The summed E-state index contributed by atoms with van der Waals surface area (Å²) in [5.41, 5.74) is 7.41. The first-order valence-electron chi connectivity index (χ1n) is 7.08. The number of carbonyl (C=O) groups is 1. The fraction of sp³-hybridized carbons (Fsp3) is 0.375. The molecule has 1 amide bonds. The topological polar surface area (TPSA) is 78.9 Å². The molecule has 2 rings (SSSR count). The Morgan fingerprint density at radius 2 is 2.17 bits per heavy atom. The van der Waals surface area contributed by atoms with Crippen molar-refractivity contribution in [3.8, 4) is 5.75 Å². The highest BCUT2D eigenvalue weighted by molar-refractivity contribution is 6.34. The van der Waals surface area contributed by atoms with E-state index in [1.54, 1.807) is 17.8 Å². The number of pyridine rings is 1. The quantitative estimate of drug-likeness (QED) is 0.925. The number of carbonyl (C=O) groups excluding carboxylic acids is 1. The highest BCUT2D eigenvalue weighted by atomic mass is 35.5. The normalized spacial score (nSPS) is 12.5. The largest absolute Gasteiger partial charge is 0.494 e. The standard InChI is InChI=1S/C16H20ClN3O3/c1-16(2,3)11(5-6-23-15(18)21)10-7-13(22-4)14-12(17)8-19-20(14)9-10/h5,7-9H,6H2,1-4H3,(H2,18,21)/b11-5-. The average Bonchev–Trinajstić information content (AvgIpc) is 2.82. The van der Waals surface area contributed by atoms with Crippen molar-refractivity contribution in [3.63, 3.8) is 0 Å². The molecule has 0 unspecified atom stereocenters. The molecule has 2 heterocycles. The van der Waals surface area contributed by atoms with E-state index in [2.05, 4.69) is 25.9 Å². The van der Waals surface area contributed by atoms with Crippen molar-refractivity contribution in [1.29, 1.82) is 0 Å². The van der Waals surface area contributed by atoms with Crippen LogP contribution in [0.5, 0.6) is 5.75 Å². The summed E-state index contributed by atoms with van der Waals surface area (Å²) in [7, 11) is 1.58. The lowest BCUT2D eigenvalue weighted by Gasteiger charge is -2.24. The minimum Gasteiger partial charge on any atom is -0.494 e. The highest BCUT2D eigenvalue weighted by Crippen LogP contribution is 2.37. The minimum atomic E-state index is -0.804. The molecule has 0 saturated carbocycles. The van der Waals surface area contributed by atoms with E-state index in [-0.39, 0.29) is 12.0 Å². The molecule has 0 aromatic carbocycles. The summed E-state index contributed by atoms with van der Waals surface area (Å²) in [6.07, 6.45) is 4.46. The fourth-order valence-electron chi connectivity index (χ4n) is 2.42. The molecule has 0 atom stereocenters. The number of methoxy groups -OCH3 is 1. The van der Waals surface area contributed by atoms with Crippen molar-refractivity contribution in [1.82, 2.24) is 9.61 Å². The number of halogens is 1. The number of rotatable bonds is 4. The Hall–Kier alpha value is -2.21. The Bertz CT molecular complexity index is 760. The van der Waals surface area contributed by atoms with Crippen LogP contribution in [0, 0.1) is 5.41 Å². The number of hydrogen-bond acceptors (Lipinski definition) is 4. The van der Waals surface area contributed by atoms with Crippen LogP contribution in [0.25, 0.3) is 11.1 Å². The number of nitrogens with zero attached hydrogens (tertiary/aromatic N) is 2. The molecule has 0 fully saturated rings. The predicted molar refractivity (Wildman–Crippen MR) is 89.7 cm³/mol. The molecule has 6 nitrogen and oxygen atoms in total. The van der Waals surface area contributed by atoms with Gasteiger partial charge in [-0.05, 0) is 23.1 Å². The van der Waals surface area contributed by atoms with Gasteiger partial charge >= 0.3 is 6.09 Å². The molecule has 2 N–H and O–H groups in total. The van der Waals surface area contributed by atoms with E-state index in [0.717, 1.165) is 11.1 Å². The molecule has 0 aliphatic carbocycles. The van der Waals surface area contributed by atoms with Crippen LogP contribution in [-0.4, -0.2) is 29.4 Å². The first kappa shape index (κ1) is 17.1. The zero-order valence-corrected chi connectivity index (χ0v) is 14.3. The van der Waals surface area contributed by atoms with Gasteiger partial charge in [-0.1, -0.05) is 32.4 Å². The van der Waals surface area contributed by atoms with E-state index < -0.39 is 6.09 Å². The SMILES string of the molecule is COc1cc(/C(=C/COC(N)=O)C(C)(C)C)cn2ncc(Cl)c12. The van der Waals surface area contributed by atoms with Gasteiger partial charge in [0.1, 0.15) is 17.9 Å². The number of amides is 1. The minimum absolute atomic E-state index is 0.0994. The van der Waals surface area contributed by atoms with E-state index in [4.69, 9.17) is 26.8 Å².